The zero-order chi connectivity index (χ0) is 26.9. The minimum Gasteiger partial charge on any atom is -0.474 e. The zero-order valence-electron chi connectivity index (χ0n) is 23.1. The first kappa shape index (κ1) is 27.0. The number of rotatable bonds is 6. The standard InChI is InChI=1S/C30H40N4O3S/c1-22(28-31-27-13-9-8-12-26(27)29(32-28)37-24-10-6-5-7-11-24)33-18-20-34(21-19-33)38(35,36)25-16-14-23(15-17-25)30(2,3)4/h8-9,12-17,22,24H,5-7,10-11,18-21H2,1-4H3/t22-/m0/s1. The van der Waals surface area contributed by atoms with E-state index in [9.17, 15) is 8.42 Å². The summed E-state index contributed by atoms with van der Waals surface area (Å²) in [6.45, 7) is 10.6. The lowest BCUT2D eigenvalue weighted by atomic mass is 9.87. The Kier molecular flexibility index (Phi) is 7.76. The molecule has 1 aromatic heterocycles. The molecule has 38 heavy (non-hydrogen) atoms. The van der Waals surface area contributed by atoms with Gasteiger partial charge in [-0.05, 0) is 67.9 Å². The molecule has 1 saturated heterocycles. The Morgan fingerprint density at radius 2 is 1.55 bits per heavy atom. The molecular weight excluding hydrogens is 496 g/mol. The van der Waals surface area contributed by atoms with E-state index in [1.165, 1.54) is 19.3 Å². The van der Waals surface area contributed by atoms with E-state index in [0.717, 1.165) is 35.1 Å². The van der Waals surface area contributed by atoms with Crippen molar-refractivity contribution in [3.63, 3.8) is 0 Å². The van der Waals surface area contributed by atoms with Gasteiger partial charge in [0.1, 0.15) is 11.9 Å². The molecule has 0 amide bonds. The fourth-order valence-electron chi connectivity index (χ4n) is 5.45. The van der Waals surface area contributed by atoms with Crippen LogP contribution < -0.4 is 4.74 Å². The van der Waals surface area contributed by atoms with Gasteiger partial charge >= 0.3 is 0 Å². The van der Waals surface area contributed by atoms with Crippen LogP contribution in [0, 0.1) is 0 Å². The van der Waals surface area contributed by atoms with E-state index in [4.69, 9.17) is 14.7 Å². The molecule has 0 N–H and O–H groups in total. The first-order valence-electron chi connectivity index (χ1n) is 13.9. The van der Waals surface area contributed by atoms with E-state index in [2.05, 4.69) is 32.6 Å². The number of nitrogens with zero attached hydrogens (tertiary/aromatic N) is 4. The summed E-state index contributed by atoms with van der Waals surface area (Å²) in [5.74, 6) is 1.40. The Balaban J connectivity index is 1.30. The van der Waals surface area contributed by atoms with E-state index in [-0.39, 0.29) is 17.6 Å². The molecule has 1 atom stereocenters. The number of fused-ring (bicyclic) bond motifs is 1. The predicted molar refractivity (Wildman–Crippen MR) is 151 cm³/mol. The van der Waals surface area contributed by atoms with Crippen LogP contribution in [-0.2, 0) is 15.4 Å². The van der Waals surface area contributed by atoms with Gasteiger partial charge in [-0.2, -0.15) is 9.29 Å². The Morgan fingerprint density at radius 1 is 0.895 bits per heavy atom. The predicted octanol–water partition coefficient (Wildman–Crippen LogP) is 5.71. The molecule has 2 aliphatic rings. The lowest BCUT2D eigenvalue weighted by Gasteiger charge is -2.37. The topological polar surface area (TPSA) is 75.6 Å². The van der Waals surface area contributed by atoms with E-state index in [0.29, 0.717) is 37.0 Å². The Bertz CT molecular complexity index is 1350. The van der Waals surface area contributed by atoms with Crippen molar-refractivity contribution in [1.82, 2.24) is 19.2 Å². The summed E-state index contributed by atoms with van der Waals surface area (Å²) in [6, 6.07) is 15.3. The number of para-hydroxylation sites is 1. The third-order valence-electron chi connectivity index (χ3n) is 7.97. The van der Waals surface area contributed by atoms with Gasteiger partial charge in [0.15, 0.2) is 0 Å². The molecule has 204 valence electrons. The van der Waals surface area contributed by atoms with Crippen LogP contribution in [0.5, 0.6) is 5.88 Å². The highest BCUT2D eigenvalue weighted by Crippen LogP contribution is 2.31. The van der Waals surface area contributed by atoms with Crippen LogP contribution in [0.2, 0.25) is 0 Å². The molecule has 0 bridgehead atoms. The molecular formula is C30H40N4O3S. The Morgan fingerprint density at radius 3 is 2.21 bits per heavy atom. The Labute approximate surface area is 227 Å². The van der Waals surface area contributed by atoms with Crippen molar-refractivity contribution in [3.8, 4) is 5.88 Å². The molecule has 1 aliphatic carbocycles. The molecule has 1 saturated carbocycles. The number of hydrogen-bond acceptors (Lipinski definition) is 6. The van der Waals surface area contributed by atoms with Crippen LogP contribution in [0.25, 0.3) is 10.9 Å². The van der Waals surface area contributed by atoms with Gasteiger partial charge in [-0.3, -0.25) is 4.90 Å². The summed E-state index contributed by atoms with van der Waals surface area (Å²) in [6.07, 6.45) is 6.01. The Hall–Kier alpha value is -2.55. The van der Waals surface area contributed by atoms with Crippen LogP contribution >= 0.6 is 0 Å². The van der Waals surface area contributed by atoms with Gasteiger partial charge in [-0.25, -0.2) is 13.4 Å². The van der Waals surface area contributed by atoms with Crippen molar-refractivity contribution < 1.29 is 13.2 Å². The monoisotopic (exact) mass is 536 g/mol. The van der Waals surface area contributed by atoms with E-state index in [1.807, 2.05) is 36.4 Å². The van der Waals surface area contributed by atoms with Crippen molar-refractivity contribution in [2.75, 3.05) is 26.2 Å². The molecule has 5 rings (SSSR count). The van der Waals surface area contributed by atoms with Gasteiger partial charge in [0, 0.05) is 26.2 Å². The molecule has 2 aromatic carbocycles. The molecule has 0 radical (unpaired) electrons. The van der Waals surface area contributed by atoms with Crippen molar-refractivity contribution in [1.29, 1.82) is 0 Å². The first-order valence-corrected chi connectivity index (χ1v) is 15.3. The van der Waals surface area contributed by atoms with Crippen molar-refractivity contribution in [3.05, 3.63) is 59.9 Å². The number of ether oxygens (including phenoxy) is 1. The summed E-state index contributed by atoms with van der Waals surface area (Å²) < 4.78 is 34.7. The second kappa shape index (κ2) is 10.9. The first-order chi connectivity index (χ1) is 18.1. The van der Waals surface area contributed by atoms with Crippen molar-refractivity contribution in [2.24, 2.45) is 0 Å². The molecule has 2 fully saturated rings. The summed E-state index contributed by atoms with van der Waals surface area (Å²) in [5, 5.41) is 0.947. The summed E-state index contributed by atoms with van der Waals surface area (Å²) in [5.41, 5.74) is 1.99. The van der Waals surface area contributed by atoms with E-state index in [1.54, 1.807) is 16.4 Å². The maximum Gasteiger partial charge on any atom is 0.243 e. The summed E-state index contributed by atoms with van der Waals surface area (Å²) in [7, 11) is -3.53. The van der Waals surface area contributed by atoms with Crippen LogP contribution in [0.1, 0.15) is 77.2 Å². The highest BCUT2D eigenvalue weighted by atomic mass is 32.2. The number of aromatic nitrogens is 2. The lowest BCUT2D eigenvalue weighted by Crippen LogP contribution is -2.49. The third kappa shape index (κ3) is 5.72. The van der Waals surface area contributed by atoms with Gasteiger partial charge in [0.05, 0.1) is 21.8 Å². The van der Waals surface area contributed by atoms with Crippen molar-refractivity contribution in [2.45, 2.75) is 82.3 Å². The molecule has 8 heteroatoms. The second-order valence-corrected chi connectivity index (χ2v) is 13.6. The van der Waals surface area contributed by atoms with Gasteiger partial charge in [-0.15, -0.1) is 0 Å². The smallest absolute Gasteiger partial charge is 0.243 e. The van der Waals surface area contributed by atoms with Crippen LogP contribution in [0.3, 0.4) is 0 Å². The minimum atomic E-state index is -3.53. The number of sulfonamides is 1. The van der Waals surface area contributed by atoms with Gasteiger partial charge in [0.2, 0.25) is 15.9 Å². The molecule has 0 spiro atoms. The van der Waals surface area contributed by atoms with E-state index < -0.39 is 10.0 Å². The van der Waals surface area contributed by atoms with Gasteiger partial charge in [0.25, 0.3) is 0 Å². The average molecular weight is 537 g/mol. The maximum absolute atomic E-state index is 13.3. The lowest BCUT2D eigenvalue weighted by molar-refractivity contribution is 0.135. The summed E-state index contributed by atoms with van der Waals surface area (Å²) in [4.78, 5) is 12.4. The maximum atomic E-state index is 13.3. The number of piperazine rings is 1. The molecule has 3 aromatic rings. The van der Waals surface area contributed by atoms with Crippen LogP contribution in [-0.4, -0.2) is 59.9 Å². The largest absolute Gasteiger partial charge is 0.474 e. The van der Waals surface area contributed by atoms with Gasteiger partial charge in [-0.1, -0.05) is 51.5 Å². The van der Waals surface area contributed by atoms with Crippen LogP contribution in [0.4, 0.5) is 0 Å². The highest BCUT2D eigenvalue weighted by molar-refractivity contribution is 7.89. The quantitative estimate of drug-likeness (QED) is 0.402. The summed E-state index contributed by atoms with van der Waals surface area (Å²) >= 11 is 0. The minimum absolute atomic E-state index is 0.0177. The van der Waals surface area contributed by atoms with Gasteiger partial charge < -0.3 is 4.74 Å². The molecule has 2 heterocycles. The molecule has 7 nitrogen and oxygen atoms in total. The number of hydrogen-bond donors (Lipinski definition) is 0. The second-order valence-electron chi connectivity index (χ2n) is 11.7. The number of benzene rings is 2. The fourth-order valence-corrected chi connectivity index (χ4v) is 6.87. The fraction of sp³-hybridized carbons (Fsp3) is 0.533. The highest BCUT2D eigenvalue weighted by Gasteiger charge is 2.32. The molecule has 0 unspecified atom stereocenters. The van der Waals surface area contributed by atoms with Crippen molar-refractivity contribution >= 4 is 20.9 Å². The SMILES string of the molecule is C[C@@H](c1nc(OC2CCCCC2)c2ccccc2n1)N1CCN(S(=O)(=O)c2ccc(C(C)(C)C)cc2)CC1. The third-order valence-corrected chi connectivity index (χ3v) is 9.88. The molecule has 1 aliphatic heterocycles. The zero-order valence-corrected chi connectivity index (χ0v) is 23.9. The average Bonchev–Trinajstić information content (AvgIpc) is 2.93. The normalized spacial score (nSPS) is 19.5. The van der Waals surface area contributed by atoms with Crippen LogP contribution in [0.15, 0.2) is 53.4 Å². The van der Waals surface area contributed by atoms with E-state index >= 15 is 0 Å².